The molecule has 0 bridgehead atoms. The van der Waals surface area contributed by atoms with Gasteiger partial charge in [0.2, 0.25) is 11.9 Å². The molecule has 1 aromatic carbocycles. The highest BCUT2D eigenvalue weighted by Gasteiger charge is 2.31. The number of rotatable bonds is 3. The number of aromatic amines is 1. The molecule has 1 fully saturated rings. The van der Waals surface area contributed by atoms with Crippen molar-refractivity contribution >= 4 is 22.9 Å². The molecule has 0 unspecified atom stereocenters. The SMILES string of the molecule is NC1(CC(=O)Nc2nc3ccccc3[nH]2)CCCC1. The van der Waals surface area contributed by atoms with Crippen LogP contribution in [0.1, 0.15) is 32.1 Å². The molecule has 0 saturated heterocycles. The monoisotopic (exact) mass is 258 g/mol. The third kappa shape index (κ3) is 2.61. The quantitative estimate of drug-likeness (QED) is 0.788. The van der Waals surface area contributed by atoms with Gasteiger partial charge in [0.25, 0.3) is 0 Å². The van der Waals surface area contributed by atoms with Crippen molar-refractivity contribution in [3.8, 4) is 0 Å². The van der Waals surface area contributed by atoms with Gasteiger partial charge in [-0.3, -0.25) is 10.1 Å². The summed E-state index contributed by atoms with van der Waals surface area (Å²) in [5, 5.41) is 2.80. The molecule has 0 atom stereocenters. The molecular formula is C14H18N4O. The first-order valence-corrected chi connectivity index (χ1v) is 6.68. The highest BCUT2D eigenvalue weighted by molar-refractivity contribution is 5.91. The van der Waals surface area contributed by atoms with E-state index in [1.54, 1.807) is 0 Å². The molecule has 1 heterocycles. The van der Waals surface area contributed by atoms with E-state index in [9.17, 15) is 4.79 Å². The standard InChI is InChI=1S/C14H18N4O/c15-14(7-3-4-8-14)9-12(19)18-13-16-10-5-1-2-6-11(10)17-13/h1-2,5-6H,3-4,7-9,15H2,(H2,16,17,18,19). The van der Waals surface area contributed by atoms with Gasteiger partial charge in [-0.25, -0.2) is 4.98 Å². The van der Waals surface area contributed by atoms with Crippen molar-refractivity contribution < 1.29 is 4.79 Å². The molecule has 1 saturated carbocycles. The van der Waals surface area contributed by atoms with Crippen LogP contribution in [0, 0.1) is 0 Å². The number of H-pyrrole nitrogens is 1. The molecule has 1 aliphatic rings. The average Bonchev–Trinajstić information content (AvgIpc) is 2.94. The van der Waals surface area contributed by atoms with Crippen LogP contribution in [0.4, 0.5) is 5.95 Å². The van der Waals surface area contributed by atoms with Crippen LogP contribution in [0.5, 0.6) is 0 Å². The smallest absolute Gasteiger partial charge is 0.228 e. The first kappa shape index (κ1) is 12.2. The maximum Gasteiger partial charge on any atom is 0.228 e. The van der Waals surface area contributed by atoms with Gasteiger partial charge in [0.15, 0.2) is 0 Å². The van der Waals surface area contributed by atoms with Crippen LogP contribution < -0.4 is 11.1 Å². The molecule has 3 rings (SSSR count). The molecule has 100 valence electrons. The van der Waals surface area contributed by atoms with Crippen LogP contribution in [0.15, 0.2) is 24.3 Å². The minimum atomic E-state index is -0.323. The molecule has 19 heavy (non-hydrogen) atoms. The summed E-state index contributed by atoms with van der Waals surface area (Å²) in [7, 11) is 0. The van der Waals surface area contributed by atoms with E-state index >= 15 is 0 Å². The van der Waals surface area contributed by atoms with E-state index in [0.29, 0.717) is 12.4 Å². The van der Waals surface area contributed by atoms with E-state index in [0.717, 1.165) is 36.7 Å². The van der Waals surface area contributed by atoms with Crippen molar-refractivity contribution in [2.75, 3.05) is 5.32 Å². The van der Waals surface area contributed by atoms with Crippen LogP contribution in [0.25, 0.3) is 11.0 Å². The summed E-state index contributed by atoms with van der Waals surface area (Å²) in [5.74, 6) is 0.427. The lowest BCUT2D eigenvalue weighted by atomic mass is 9.94. The molecule has 2 aromatic rings. The molecule has 5 heteroatoms. The van der Waals surface area contributed by atoms with Gasteiger partial charge in [0.1, 0.15) is 0 Å². The largest absolute Gasteiger partial charge is 0.325 e. The Hall–Kier alpha value is -1.88. The Morgan fingerprint density at radius 3 is 2.84 bits per heavy atom. The van der Waals surface area contributed by atoms with Crippen molar-refractivity contribution in [3.05, 3.63) is 24.3 Å². The summed E-state index contributed by atoms with van der Waals surface area (Å²) in [6.45, 7) is 0. The van der Waals surface area contributed by atoms with Gasteiger partial charge in [0.05, 0.1) is 11.0 Å². The number of nitrogens with zero attached hydrogens (tertiary/aromatic N) is 1. The number of hydrogen-bond donors (Lipinski definition) is 3. The summed E-state index contributed by atoms with van der Waals surface area (Å²) in [6.07, 6.45) is 4.47. The molecular weight excluding hydrogens is 240 g/mol. The minimum absolute atomic E-state index is 0.0662. The second kappa shape index (κ2) is 4.66. The van der Waals surface area contributed by atoms with Gasteiger partial charge < -0.3 is 10.7 Å². The second-order valence-electron chi connectivity index (χ2n) is 5.40. The number of nitrogens with one attached hydrogen (secondary N) is 2. The second-order valence-corrected chi connectivity index (χ2v) is 5.40. The number of imidazole rings is 1. The molecule has 1 aliphatic carbocycles. The number of nitrogens with two attached hydrogens (primary N) is 1. The Labute approximate surface area is 111 Å². The van der Waals surface area contributed by atoms with Crippen molar-refractivity contribution in [1.82, 2.24) is 9.97 Å². The van der Waals surface area contributed by atoms with Crippen molar-refractivity contribution in [3.63, 3.8) is 0 Å². The number of hydrogen-bond acceptors (Lipinski definition) is 3. The number of carbonyl (C=O) groups excluding carboxylic acids is 1. The fraction of sp³-hybridized carbons (Fsp3) is 0.429. The highest BCUT2D eigenvalue weighted by atomic mass is 16.1. The summed E-state index contributed by atoms with van der Waals surface area (Å²) in [6, 6.07) is 7.68. The maximum absolute atomic E-state index is 12.0. The number of aromatic nitrogens is 2. The molecule has 5 nitrogen and oxygen atoms in total. The van der Waals surface area contributed by atoms with Crippen molar-refractivity contribution in [2.45, 2.75) is 37.6 Å². The van der Waals surface area contributed by atoms with E-state index in [-0.39, 0.29) is 11.4 Å². The average molecular weight is 258 g/mol. The molecule has 0 aliphatic heterocycles. The Morgan fingerprint density at radius 2 is 2.11 bits per heavy atom. The normalized spacial score (nSPS) is 17.7. The van der Waals surface area contributed by atoms with E-state index in [4.69, 9.17) is 5.73 Å². The lowest BCUT2D eigenvalue weighted by Gasteiger charge is -2.22. The molecule has 4 N–H and O–H groups in total. The molecule has 0 spiro atoms. The van der Waals surface area contributed by atoms with Gasteiger partial charge in [-0.05, 0) is 25.0 Å². The zero-order valence-electron chi connectivity index (χ0n) is 10.8. The number of anilines is 1. The van der Waals surface area contributed by atoms with Crippen LogP contribution in [-0.4, -0.2) is 21.4 Å². The number of amides is 1. The molecule has 1 aromatic heterocycles. The predicted molar refractivity (Wildman–Crippen MR) is 74.7 cm³/mol. The van der Waals surface area contributed by atoms with Gasteiger partial charge in [-0.15, -0.1) is 0 Å². The van der Waals surface area contributed by atoms with Crippen LogP contribution in [0.3, 0.4) is 0 Å². The summed E-state index contributed by atoms with van der Waals surface area (Å²) >= 11 is 0. The van der Waals surface area contributed by atoms with Crippen molar-refractivity contribution in [1.29, 1.82) is 0 Å². The first-order valence-electron chi connectivity index (χ1n) is 6.68. The predicted octanol–water partition coefficient (Wildman–Crippen LogP) is 2.16. The van der Waals surface area contributed by atoms with Gasteiger partial charge in [0, 0.05) is 12.0 Å². The van der Waals surface area contributed by atoms with Crippen molar-refractivity contribution in [2.24, 2.45) is 5.73 Å². The topological polar surface area (TPSA) is 83.8 Å². The van der Waals surface area contributed by atoms with E-state index in [2.05, 4.69) is 15.3 Å². The lowest BCUT2D eigenvalue weighted by molar-refractivity contribution is -0.117. The zero-order chi connectivity index (χ0) is 13.3. The summed E-state index contributed by atoms with van der Waals surface area (Å²) in [4.78, 5) is 19.4. The number of benzene rings is 1. The molecule has 1 amide bonds. The zero-order valence-corrected chi connectivity index (χ0v) is 10.8. The third-order valence-electron chi connectivity index (χ3n) is 3.76. The van der Waals surface area contributed by atoms with Gasteiger partial charge in [-0.1, -0.05) is 25.0 Å². The molecule has 0 radical (unpaired) electrons. The third-order valence-corrected chi connectivity index (χ3v) is 3.76. The lowest BCUT2D eigenvalue weighted by Crippen LogP contribution is -2.40. The number of para-hydroxylation sites is 2. The van der Waals surface area contributed by atoms with Gasteiger partial charge in [-0.2, -0.15) is 0 Å². The summed E-state index contributed by atoms with van der Waals surface area (Å²) in [5.41, 5.74) is 7.64. The Balaban J connectivity index is 1.68. The Kier molecular flexibility index (Phi) is 2.98. The fourth-order valence-electron chi connectivity index (χ4n) is 2.76. The van der Waals surface area contributed by atoms with E-state index in [1.165, 1.54) is 0 Å². The number of fused-ring (bicyclic) bond motifs is 1. The number of carbonyl (C=O) groups is 1. The Bertz CT molecular complexity index is 565. The highest BCUT2D eigenvalue weighted by Crippen LogP contribution is 2.30. The van der Waals surface area contributed by atoms with Crippen LogP contribution in [-0.2, 0) is 4.79 Å². The van der Waals surface area contributed by atoms with E-state index < -0.39 is 0 Å². The van der Waals surface area contributed by atoms with Crippen LogP contribution >= 0.6 is 0 Å². The summed E-state index contributed by atoms with van der Waals surface area (Å²) < 4.78 is 0. The maximum atomic E-state index is 12.0. The van der Waals surface area contributed by atoms with Gasteiger partial charge >= 0.3 is 0 Å². The minimum Gasteiger partial charge on any atom is -0.325 e. The Morgan fingerprint density at radius 1 is 1.37 bits per heavy atom. The first-order chi connectivity index (χ1) is 9.15. The fourth-order valence-corrected chi connectivity index (χ4v) is 2.76. The van der Waals surface area contributed by atoms with E-state index in [1.807, 2.05) is 24.3 Å². The van der Waals surface area contributed by atoms with Crippen LogP contribution in [0.2, 0.25) is 0 Å².